The van der Waals surface area contributed by atoms with Gasteiger partial charge in [0.1, 0.15) is 23.5 Å². The Hall–Kier alpha value is -4.48. The van der Waals surface area contributed by atoms with Crippen LogP contribution in [0.4, 0.5) is 10.6 Å². The minimum atomic E-state index is -0.669. The zero-order valence-corrected chi connectivity index (χ0v) is 18.6. The van der Waals surface area contributed by atoms with Gasteiger partial charge in [0, 0.05) is 37.3 Å². The average Bonchev–Trinajstić information content (AvgIpc) is 3.60. The van der Waals surface area contributed by atoms with Crippen molar-refractivity contribution in [1.82, 2.24) is 19.4 Å². The molecule has 1 N–H and O–H groups in total. The van der Waals surface area contributed by atoms with Crippen LogP contribution in [0.1, 0.15) is 16.8 Å². The molecule has 0 radical (unpaired) electrons. The van der Waals surface area contributed by atoms with Gasteiger partial charge in [-0.2, -0.15) is 4.99 Å². The molecule has 5 heterocycles. The first-order chi connectivity index (χ1) is 17.0. The van der Waals surface area contributed by atoms with E-state index in [0.29, 0.717) is 30.6 Å². The van der Waals surface area contributed by atoms with Crippen LogP contribution in [0.2, 0.25) is 0 Å². The first kappa shape index (κ1) is 21.1. The van der Waals surface area contributed by atoms with E-state index in [2.05, 4.69) is 20.3 Å². The first-order valence-corrected chi connectivity index (χ1v) is 11.1. The molecule has 3 aliphatic heterocycles. The highest BCUT2D eigenvalue weighted by Crippen LogP contribution is 2.38. The van der Waals surface area contributed by atoms with Gasteiger partial charge < -0.3 is 19.5 Å². The first-order valence-electron chi connectivity index (χ1n) is 11.1. The fourth-order valence-corrected chi connectivity index (χ4v) is 4.66. The van der Waals surface area contributed by atoms with Crippen molar-refractivity contribution in [2.75, 3.05) is 25.5 Å². The minimum absolute atomic E-state index is 0.140. The van der Waals surface area contributed by atoms with Gasteiger partial charge in [0.25, 0.3) is 5.91 Å². The second-order valence-electron chi connectivity index (χ2n) is 8.32. The van der Waals surface area contributed by atoms with Crippen LogP contribution in [0, 0.1) is 0 Å². The van der Waals surface area contributed by atoms with E-state index in [9.17, 15) is 14.4 Å². The van der Waals surface area contributed by atoms with Crippen molar-refractivity contribution in [3.63, 3.8) is 0 Å². The van der Waals surface area contributed by atoms with Gasteiger partial charge >= 0.3 is 12.1 Å². The van der Waals surface area contributed by atoms with Gasteiger partial charge in [-0.3, -0.25) is 19.2 Å². The fraction of sp³-hybridized carbons (Fsp3) is 0.304. The molecule has 0 spiro atoms. The number of fused-ring (bicyclic) bond motifs is 5. The molecule has 0 aliphatic carbocycles. The zero-order chi connectivity index (χ0) is 24.1. The summed E-state index contributed by atoms with van der Waals surface area (Å²) in [5.74, 6) is 0.174. The summed E-state index contributed by atoms with van der Waals surface area (Å²) in [5.41, 5.74) is 0.897. The summed E-state index contributed by atoms with van der Waals surface area (Å²) in [4.78, 5) is 51.6. The molecular weight excluding hydrogens is 456 g/mol. The number of carbonyl (C=O) groups excluding carboxylic acids is 3. The van der Waals surface area contributed by atoms with E-state index >= 15 is 0 Å². The third-order valence-corrected chi connectivity index (χ3v) is 6.27. The molecule has 12 nitrogen and oxygen atoms in total. The van der Waals surface area contributed by atoms with Crippen LogP contribution in [0.5, 0.6) is 11.5 Å². The predicted octanol–water partition coefficient (Wildman–Crippen LogP) is 1.10. The number of benzene rings is 1. The highest BCUT2D eigenvalue weighted by molar-refractivity contribution is 5.97. The molecule has 2 amide bonds. The van der Waals surface area contributed by atoms with Crippen LogP contribution < -0.4 is 20.4 Å². The second kappa shape index (κ2) is 8.08. The lowest BCUT2D eigenvalue weighted by molar-refractivity contribution is -0.149. The molecule has 2 aromatic heterocycles. The van der Waals surface area contributed by atoms with E-state index in [1.165, 1.54) is 18.2 Å². The van der Waals surface area contributed by atoms with Crippen molar-refractivity contribution < 1.29 is 28.6 Å². The van der Waals surface area contributed by atoms with Crippen molar-refractivity contribution in [3.8, 4) is 11.5 Å². The number of anilines is 1. The lowest BCUT2D eigenvalue weighted by atomic mass is 10.2. The van der Waals surface area contributed by atoms with Crippen molar-refractivity contribution in [3.05, 3.63) is 47.8 Å². The number of carbonyl (C=O) groups is 3. The predicted molar refractivity (Wildman–Crippen MR) is 120 cm³/mol. The number of ether oxygens (including phenoxy) is 3. The van der Waals surface area contributed by atoms with E-state index in [0.717, 1.165) is 11.2 Å². The molecule has 1 aromatic carbocycles. The largest absolute Gasteiger partial charge is 0.491 e. The molecule has 35 heavy (non-hydrogen) atoms. The number of amides is 2. The van der Waals surface area contributed by atoms with Gasteiger partial charge in [-0.1, -0.05) is 0 Å². The standard InChI is InChI=1S/C23H20N6O6/c1-33-18-16(35-23(32)29-11-13-9-15(29)21(31)34-13)5-4-14-17(18)26-22(28-8-7-25-19(14)28)27-20(30)12-3-2-6-24-10-12/h2-6,10,13,15,25H,7-9,11H2,1H3/t13-,15-/m1/s1. The molecule has 2 fully saturated rings. The number of methoxy groups -OCH3 is 1. The van der Waals surface area contributed by atoms with E-state index in [-0.39, 0.29) is 29.8 Å². The Morgan fingerprint density at radius 3 is 2.91 bits per heavy atom. The molecule has 3 aliphatic rings. The number of pyridine rings is 1. The summed E-state index contributed by atoms with van der Waals surface area (Å²) in [6.45, 7) is 1.50. The molecule has 0 saturated carbocycles. The van der Waals surface area contributed by atoms with E-state index < -0.39 is 24.0 Å². The van der Waals surface area contributed by atoms with E-state index in [1.807, 2.05) is 4.57 Å². The third kappa shape index (κ3) is 3.45. The maximum Gasteiger partial charge on any atom is 0.416 e. The Bertz CT molecular complexity index is 1450. The highest BCUT2D eigenvalue weighted by atomic mass is 16.6. The van der Waals surface area contributed by atoms with Crippen LogP contribution in [0.15, 0.2) is 41.7 Å². The van der Waals surface area contributed by atoms with E-state index in [4.69, 9.17) is 14.2 Å². The van der Waals surface area contributed by atoms with Gasteiger partial charge in [0.2, 0.25) is 5.62 Å². The molecule has 12 heteroatoms. The molecule has 2 atom stereocenters. The van der Waals surface area contributed by atoms with Crippen LogP contribution in [-0.2, 0) is 16.1 Å². The topological polar surface area (TPSA) is 137 Å². The minimum Gasteiger partial charge on any atom is -0.491 e. The highest BCUT2D eigenvalue weighted by Gasteiger charge is 2.49. The quantitative estimate of drug-likeness (QED) is 0.551. The van der Waals surface area contributed by atoms with Gasteiger partial charge in [-0.05, 0) is 24.3 Å². The van der Waals surface area contributed by atoms with Crippen molar-refractivity contribution in [2.45, 2.75) is 25.1 Å². The van der Waals surface area contributed by atoms with Crippen molar-refractivity contribution in [2.24, 2.45) is 4.99 Å². The summed E-state index contributed by atoms with van der Waals surface area (Å²) in [7, 11) is 1.44. The zero-order valence-electron chi connectivity index (χ0n) is 18.6. The second-order valence-corrected chi connectivity index (χ2v) is 8.32. The lowest BCUT2D eigenvalue weighted by Crippen LogP contribution is -2.45. The van der Waals surface area contributed by atoms with Crippen LogP contribution >= 0.6 is 0 Å². The number of nitrogens with one attached hydrogen (secondary N) is 1. The average molecular weight is 476 g/mol. The van der Waals surface area contributed by atoms with Gasteiger partial charge in [0.15, 0.2) is 11.5 Å². The van der Waals surface area contributed by atoms with Crippen molar-refractivity contribution in [1.29, 1.82) is 0 Å². The molecule has 2 bridgehead atoms. The Balaban J connectivity index is 1.41. The number of rotatable bonds is 3. The fourth-order valence-electron chi connectivity index (χ4n) is 4.66. The smallest absolute Gasteiger partial charge is 0.416 e. The SMILES string of the molecule is COc1c(OC(=O)N2C[C@H]3C[C@@H]2C(=O)O3)ccc2c3n(c(=NC(=O)c4cccnc4)nc12)CCN3. The van der Waals surface area contributed by atoms with E-state index in [1.54, 1.807) is 30.5 Å². The Morgan fingerprint density at radius 1 is 1.29 bits per heavy atom. The molecule has 178 valence electrons. The molecule has 3 aromatic rings. The number of morpholine rings is 1. The lowest BCUT2D eigenvalue weighted by Gasteiger charge is -2.25. The number of esters is 1. The summed E-state index contributed by atoms with van der Waals surface area (Å²) < 4.78 is 18.2. The Morgan fingerprint density at radius 2 is 2.17 bits per heavy atom. The van der Waals surface area contributed by atoms with Crippen LogP contribution in [-0.4, -0.2) is 69.7 Å². The number of likely N-dealkylation sites (tertiary alicyclic amines) is 1. The summed E-state index contributed by atoms with van der Waals surface area (Å²) in [6.07, 6.45) is 2.51. The summed E-state index contributed by atoms with van der Waals surface area (Å²) >= 11 is 0. The van der Waals surface area contributed by atoms with Crippen LogP contribution in [0.25, 0.3) is 10.9 Å². The number of hydrogen-bond donors (Lipinski definition) is 1. The monoisotopic (exact) mass is 476 g/mol. The molecule has 6 rings (SSSR count). The van der Waals surface area contributed by atoms with Gasteiger partial charge in [-0.25, -0.2) is 14.6 Å². The van der Waals surface area contributed by atoms with Gasteiger partial charge in [-0.15, -0.1) is 0 Å². The number of hydrogen-bond acceptors (Lipinski definition) is 9. The molecule has 0 unspecified atom stereocenters. The van der Waals surface area contributed by atoms with Gasteiger partial charge in [0.05, 0.1) is 19.2 Å². The third-order valence-electron chi connectivity index (χ3n) is 6.27. The maximum absolute atomic E-state index is 12.8. The maximum atomic E-state index is 12.8. The number of nitrogens with zero attached hydrogens (tertiary/aromatic N) is 5. The summed E-state index contributed by atoms with van der Waals surface area (Å²) in [5, 5.41) is 4.01. The van der Waals surface area contributed by atoms with Crippen molar-refractivity contribution >= 4 is 34.7 Å². The normalized spacial score (nSPS) is 20.5. The summed E-state index contributed by atoms with van der Waals surface area (Å²) in [6, 6.07) is 6.03. The Labute approximate surface area is 198 Å². The molecule has 2 saturated heterocycles. The Kier molecular flexibility index (Phi) is 4.87. The molecular formula is C23H20N6O6. The van der Waals surface area contributed by atoms with Crippen LogP contribution in [0.3, 0.4) is 0 Å². The number of aromatic nitrogens is 3.